The van der Waals surface area contributed by atoms with Crippen molar-refractivity contribution in [2.24, 2.45) is 11.3 Å². The summed E-state index contributed by atoms with van der Waals surface area (Å²) in [4.78, 5) is 41.9. The van der Waals surface area contributed by atoms with Crippen LogP contribution in [0.15, 0.2) is 71.6 Å². The highest BCUT2D eigenvalue weighted by atomic mass is 32.2. The molecular weight excluding hydrogens is 506 g/mol. The largest absolute Gasteiger partial charge is 0.415 e. The fourth-order valence-corrected chi connectivity index (χ4v) is 5.67. The predicted molar refractivity (Wildman–Crippen MR) is 157 cm³/mol. The van der Waals surface area contributed by atoms with E-state index < -0.39 is 17.4 Å². The minimum absolute atomic E-state index is 0.0276. The Labute approximate surface area is 235 Å². The topological polar surface area (TPSA) is 63.7 Å². The number of carbonyl (C=O) groups is 3. The van der Waals surface area contributed by atoms with E-state index in [4.69, 9.17) is 4.74 Å². The minimum atomic E-state index is -0.455. The average molecular weight is 544 g/mol. The van der Waals surface area contributed by atoms with Crippen molar-refractivity contribution in [2.75, 3.05) is 19.3 Å². The monoisotopic (exact) mass is 543 g/mol. The number of ketones is 2. The number of hydrogen-bond donors (Lipinski definition) is 0. The van der Waals surface area contributed by atoms with Gasteiger partial charge in [0.25, 0.3) is 0 Å². The third kappa shape index (κ3) is 6.44. The third-order valence-corrected chi connectivity index (χ3v) is 8.70. The van der Waals surface area contributed by atoms with Crippen LogP contribution in [0, 0.1) is 25.2 Å². The number of nitrogens with zero attached hydrogens (tertiary/aromatic N) is 1. The Balaban J connectivity index is 1.66. The summed E-state index contributed by atoms with van der Waals surface area (Å²) in [6.45, 7) is 10.4. The smallest absolute Gasteiger partial charge is 0.410 e. The molecule has 6 heteroatoms. The number of hydrogen-bond acceptors (Lipinski definition) is 5. The fourth-order valence-electron chi connectivity index (χ4n) is 5.27. The number of thioether (sulfide) groups is 1. The van der Waals surface area contributed by atoms with Gasteiger partial charge in [0.05, 0.1) is 0 Å². The lowest BCUT2D eigenvalue weighted by Gasteiger charge is -2.25. The molecule has 0 bridgehead atoms. The summed E-state index contributed by atoms with van der Waals surface area (Å²) >= 11 is 1.63. The van der Waals surface area contributed by atoms with Crippen LogP contribution < -0.4 is 4.74 Å². The van der Waals surface area contributed by atoms with Crippen LogP contribution in [-0.2, 0) is 11.2 Å². The Morgan fingerprint density at radius 1 is 0.949 bits per heavy atom. The first-order chi connectivity index (χ1) is 18.5. The molecule has 4 rings (SSSR count). The molecule has 2 unspecified atom stereocenters. The lowest BCUT2D eigenvalue weighted by atomic mass is 9.77. The van der Waals surface area contributed by atoms with Crippen LogP contribution in [-0.4, -0.2) is 41.9 Å². The number of likely N-dealkylation sites (tertiary alicyclic amines) is 1. The zero-order chi connectivity index (χ0) is 28.3. The van der Waals surface area contributed by atoms with Crippen molar-refractivity contribution >= 4 is 29.4 Å². The van der Waals surface area contributed by atoms with E-state index in [0.717, 1.165) is 27.1 Å². The van der Waals surface area contributed by atoms with E-state index in [-0.39, 0.29) is 24.0 Å². The van der Waals surface area contributed by atoms with Crippen molar-refractivity contribution in [1.82, 2.24) is 4.90 Å². The molecule has 39 heavy (non-hydrogen) atoms. The summed E-state index contributed by atoms with van der Waals surface area (Å²) in [7, 11) is 0. The van der Waals surface area contributed by atoms with Crippen molar-refractivity contribution in [3.05, 3.63) is 94.5 Å². The van der Waals surface area contributed by atoms with Crippen LogP contribution in [0.25, 0.3) is 0 Å². The van der Waals surface area contributed by atoms with E-state index in [9.17, 15) is 14.4 Å². The standard InChI is InChI=1S/C33H37NO4S/c1-21-16-25(17-22(2)28(21)18-33(4,5)23(3)35)29-19-34(32(37)38-26-10-8-7-9-11-26)20-30(29)31(36)24-12-14-27(39-6)15-13-24/h7-17,29-30H,18-20H2,1-6H3. The van der Waals surface area contributed by atoms with Crippen molar-refractivity contribution in [3.8, 4) is 5.75 Å². The van der Waals surface area contributed by atoms with Crippen LogP contribution in [0.1, 0.15) is 59.3 Å². The highest BCUT2D eigenvalue weighted by Crippen LogP contribution is 2.38. The summed E-state index contributed by atoms with van der Waals surface area (Å²) in [6, 6.07) is 20.9. The molecule has 0 radical (unpaired) electrons. The molecule has 3 aromatic carbocycles. The van der Waals surface area contributed by atoms with Gasteiger partial charge < -0.3 is 9.64 Å². The summed E-state index contributed by atoms with van der Waals surface area (Å²) < 4.78 is 5.63. The third-order valence-electron chi connectivity index (χ3n) is 7.96. The molecule has 1 fully saturated rings. The Morgan fingerprint density at radius 3 is 2.13 bits per heavy atom. The minimum Gasteiger partial charge on any atom is -0.410 e. The molecule has 0 aromatic heterocycles. The number of Topliss-reactive ketones (excluding diaryl/α,β-unsaturated/α-hetero) is 2. The molecule has 0 spiro atoms. The van der Waals surface area contributed by atoms with E-state index >= 15 is 0 Å². The molecule has 1 aliphatic heterocycles. The van der Waals surface area contributed by atoms with Crippen molar-refractivity contribution in [1.29, 1.82) is 0 Å². The van der Waals surface area contributed by atoms with E-state index in [2.05, 4.69) is 26.0 Å². The predicted octanol–water partition coefficient (Wildman–Crippen LogP) is 7.28. The second-order valence-corrected chi connectivity index (χ2v) is 12.0. The van der Waals surface area contributed by atoms with Gasteiger partial charge >= 0.3 is 6.09 Å². The highest BCUT2D eigenvalue weighted by molar-refractivity contribution is 7.98. The van der Waals surface area contributed by atoms with E-state index in [1.807, 2.05) is 62.6 Å². The molecule has 2 atom stereocenters. The molecule has 0 saturated carbocycles. The summed E-state index contributed by atoms with van der Waals surface area (Å²) in [5.41, 5.74) is 4.58. The first-order valence-corrected chi connectivity index (χ1v) is 14.5. The number of benzene rings is 3. The highest BCUT2D eigenvalue weighted by Gasteiger charge is 2.41. The van der Waals surface area contributed by atoms with Gasteiger partial charge in [-0.15, -0.1) is 11.8 Å². The zero-order valence-corrected chi connectivity index (χ0v) is 24.4. The Hall–Kier alpha value is -3.38. The van der Waals surface area contributed by atoms with Gasteiger partial charge in [0, 0.05) is 40.8 Å². The molecule has 5 nitrogen and oxygen atoms in total. The SMILES string of the molecule is CSc1ccc(C(=O)C2CN(C(=O)Oc3ccccc3)CC2c2cc(C)c(CC(C)(C)C(C)=O)c(C)c2)cc1. The van der Waals surface area contributed by atoms with Gasteiger partial charge in [0.1, 0.15) is 11.5 Å². The molecular formula is C33H37NO4S. The number of ether oxygens (including phenoxy) is 1. The maximum absolute atomic E-state index is 13.8. The number of carbonyl (C=O) groups excluding carboxylic acids is 3. The normalized spacial score (nSPS) is 17.2. The van der Waals surface area contributed by atoms with Crippen LogP contribution in [0.3, 0.4) is 0 Å². The average Bonchev–Trinajstić information content (AvgIpc) is 3.36. The van der Waals surface area contributed by atoms with Gasteiger partial charge in [0.2, 0.25) is 0 Å². The van der Waals surface area contributed by atoms with Crippen LogP contribution >= 0.6 is 11.8 Å². The number of aryl methyl sites for hydroxylation is 2. The van der Waals surface area contributed by atoms with Gasteiger partial charge in [-0.1, -0.05) is 56.3 Å². The van der Waals surface area contributed by atoms with Crippen LogP contribution in [0.5, 0.6) is 5.75 Å². The molecule has 1 saturated heterocycles. The maximum atomic E-state index is 13.8. The van der Waals surface area contributed by atoms with E-state index in [1.54, 1.807) is 35.7 Å². The van der Waals surface area contributed by atoms with Gasteiger partial charge in [-0.05, 0) is 80.0 Å². The second-order valence-electron chi connectivity index (χ2n) is 11.1. The fraction of sp³-hybridized carbons (Fsp3) is 0.364. The molecule has 0 aliphatic carbocycles. The Bertz CT molecular complexity index is 1340. The van der Waals surface area contributed by atoms with Crippen molar-refractivity contribution < 1.29 is 19.1 Å². The van der Waals surface area contributed by atoms with Gasteiger partial charge in [-0.25, -0.2) is 4.79 Å². The summed E-state index contributed by atoms with van der Waals surface area (Å²) in [6.07, 6.45) is 2.21. The molecule has 204 valence electrons. The Morgan fingerprint density at radius 2 is 1.56 bits per heavy atom. The number of para-hydroxylation sites is 1. The first kappa shape index (κ1) is 28.6. The van der Waals surface area contributed by atoms with Crippen molar-refractivity contribution in [2.45, 2.75) is 51.9 Å². The maximum Gasteiger partial charge on any atom is 0.415 e. The molecule has 1 aliphatic rings. The quantitative estimate of drug-likeness (QED) is 0.221. The second kappa shape index (κ2) is 11.8. The van der Waals surface area contributed by atoms with Gasteiger partial charge in [-0.2, -0.15) is 0 Å². The van der Waals surface area contributed by atoms with Gasteiger partial charge in [-0.3, -0.25) is 9.59 Å². The van der Waals surface area contributed by atoms with E-state index in [1.165, 1.54) is 0 Å². The number of amides is 1. The van der Waals surface area contributed by atoms with Crippen LogP contribution in [0.4, 0.5) is 4.79 Å². The molecule has 0 N–H and O–H groups in total. The van der Waals surface area contributed by atoms with Crippen LogP contribution in [0.2, 0.25) is 0 Å². The number of rotatable bonds is 8. The molecule has 3 aromatic rings. The molecule has 1 heterocycles. The summed E-state index contributed by atoms with van der Waals surface area (Å²) in [5, 5.41) is 0. The summed E-state index contributed by atoms with van der Waals surface area (Å²) in [5.74, 6) is 0.0948. The molecule has 1 amide bonds. The van der Waals surface area contributed by atoms with Crippen molar-refractivity contribution in [3.63, 3.8) is 0 Å². The first-order valence-electron chi connectivity index (χ1n) is 13.3. The Kier molecular flexibility index (Phi) is 8.65. The van der Waals surface area contributed by atoms with Gasteiger partial charge in [0.15, 0.2) is 5.78 Å². The lowest BCUT2D eigenvalue weighted by Crippen LogP contribution is -2.32. The van der Waals surface area contributed by atoms with E-state index in [0.29, 0.717) is 24.3 Å². The lowest BCUT2D eigenvalue weighted by molar-refractivity contribution is -0.124. The zero-order valence-electron chi connectivity index (χ0n) is 23.6.